The molecule has 1 atom stereocenters. The van der Waals surface area contributed by atoms with Crippen molar-refractivity contribution in [2.75, 3.05) is 13.1 Å². The molecule has 0 unspecified atom stereocenters. The Bertz CT molecular complexity index is 851. The molecule has 5 nitrogen and oxygen atoms in total. The first kappa shape index (κ1) is 16.3. The SMILES string of the molecule is Cn1nccc1CCC(=O)N1CCC[C@@H](c2nc3ccccc3s2)C1. The average molecular weight is 354 g/mol. The fourth-order valence-corrected chi connectivity index (χ4v) is 4.60. The molecule has 25 heavy (non-hydrogen) atoms. The Morgan fingerprint density at radius 1 is 1.32 bits per heavy atom. The van der Waals surface area contributed by atoms with Crippen LogP contribution in [0, 0.1) is 0 Å². The number of nitrogens with zero attached hydrogens (tertiary/aromatic N) is 4. The lowest BCUT2D eigenvalue weighted by Gasteiger charge is -2.32. The van der Waals surface area contributed by atoms with E-state index in [9.17, 15) is 4.79 Å². The van der Waals surface area contributed by atoms with Crippen molar-refractivity contribution in [3.63, 3.8) is 0 Å². The molecular weight excluding hydrogens is 332 g/mol. The molecule has 130 valence electrons. The van der Waals surface area contributed by atoms with Gasteiger partial charge in [-0.25, -0.2) is 4.98 Å². The van der Waals surface area contributed by atoms with Gasteiger partial charge in [-0.1, -0.05) is 12.1 Å². The second-order valence-corrected chi connectivity index (χ2v) is 7.71. The van der Waals surface area contributed by atoms with Gasteiger partial charge < -0.3 is 4.90 Å². The van der Waals surface area contributed by atoms with E-state index >= 15 is 0 Å². The summed E-state index contributed by atoms with van der Waals surface area (Å²) < 4.78 is 3.07. The maximum absolute atomic E-state index is 12.6. The number of thiazole rings is 1. The number of piperidine rings is 1. The number of carbonyl (C=O) groups excluding carboxylic acids is 1. The zero-order valence-corrected chi connectivity index (χ0v) is 15.2. The quantitative estimate of drug-likeness (QED) is 0.722. The summed E-state index contributed by atoms with van der Waals surface area (Å²) >= 11 is 1.77. The Morgan fingerprint density at radius 3 is 3.00 bits per heavy atom. The molecule has 2 aromatic heterocycles. The highest BCUT2D eigenvalue weighted by atomic mass is 32.1. The van der Waals surface area contributed by atoms with E-state index in [1.54, 1.807) is 17.5 Å². The number of aryl methyl sites for hydroxylation is 2. The van der Waals surface area contributed by atoms with Crippen LogP contribution in [0.25, 0.3) is 10.2 Å². The molecule has 0 saturated carbocycles. The number of fused-ring (bicyclic) bond motifs is 1. The van der Waals surface area contributed by atoms with Gasteiger partial charge >= 0.3 is 0 Å². The number of aromatic nitrogens is 3. The second-order valence-electron chi connectivity index (χ2n) is 6.64. The fraction of sp³-hybridized carbons (Fsp3) is 0.421. The van der Waals surface area contributed by atoms with Crippen LogP contribution >= 0.6 is 11.3 Å². The molecule has 4 rings (SSSR count). The molecule has 0 radical (unpaired) electrons. The molecule has 0 N–H and O–H groups in total. The Morgan fingerprint density at radius 2 is 2.20 bits per heavy atom. The average Bonchev–Trinajstić information content (AvgIpc) is 3.25. The predicted molar refractivity (Wildman–Crippen MR) is 99.7 cm³/mol. The number of carbonyl (C=O) groups is 1. The summed E-state index contributed by atoms with van der Waals surface area (Å²) in [5, 5.41) is 5.34. The molecule has 3 aromatic rings. The predicted octanol–water partition coefficient (Wildman–Crippen LogP) is 3.37. The monoisotopic (exact) mass is 354 g/mol. The van der Waals surface area contributed by atoms with Crippen LogP contribution < -0.4 is 0 Å². The summed E-state index contributed by atoms with van der Waals surface area (Å²) in [6.45, 7) is 1.66. The highest BCUT2D eigenvalue weighted by Gasteiger charge is 2.26. The first-order chi connectivity index (χ1) is 12.2. The third kappa shape index (κ3) is 3.44. The number of benzene rings is 1. The number of amides is 1. The van der Waals surface area contributed by atoms with E-state index in [4.69, 9.17) is 4.98 Å². The minimum atomic E-state index is 0.243. The molecular formula is C19H22N4OS. The maximum Gasteiger partial charge on any atom is 0.222 e. The molecule has 0 aliphatic carbocycles. The molecule has 1 amide bonds. The van der Waals surface area contributed by atoms with E-state index in [0.717, 1.165) is 43.6 Å². The van der Waals surface area contributed by atoms with E-state index in [1.807, 2.05) is 28.8 Å². The highest BCUT2D eigenvalue weighted by Crippen LogP contribution is 2.33. The lowest BCUT2D eigenvalue weighted by atomic mass is 9.98. The van der Waals surface area contributed by atoms with Crippen LogP contribution in [0.1, 0.15) is 35.9 Å². The fourth-order valence-electron chi connectivity index (χ4n) is 3.51. The summed E-state index contributed by atoms with van der Waals surface area (Å²) in [4.78, 5) is 19.5. The van der Waals surface area contributed by atoms with Crippen LogP contribution in [0.2, 0.25) is 0 Å². The van der Waals surface area contributed by atoms with Gasteiger partial charge in [0.2, 0.25) is 5.91 Å². The van der Waals surface area contributed by atoms with Crippen molar-refractivity contribution in [3.8, 4) is 0 Å². The smallest absolute Gasteiger partial charge is 0.222 e. The van der Waals surface area contributed by atoms with E-state index in [2.05, 4.69) is 23.3 Å². The summed E-state index contributed by atoms with van der Waals surface area (Å²) in [5.74, 6) is 0.610. The largest absolute Gasteiger partial charge is 0.342 e. The molecule has 1 saturated heterocycles. The van der Waals surface area contributed by atoms with Crippen LogP contribution in [0.4, 0.5) is 0 Å². The van der Waals surface area contributed by atoms with Gasteiger partial charge in [0.05, 0.1) is 15.2 Å². The molecule has 3 heterocycles. The van der Waals surface area contributed by atoms with Gasteiger partial charge in [0.1, 0.15) is 0 Å². The van der Waals surface area contributed by atoms with Crippen LogP contribution in [0.15, 0.2) is 36.5 Å². The normalized spacial score (nSPS) is 18.0. The van der Waals surface area contributed by atoms with Gasteiger partial charge in [0.25, 0.3) is 0 Å². The first-order valence-corrected chi connectivity index (χ1v) is 9.62. The highest BCUT2D eigenvalue weighted by molar-refractivity contribution is 7.18. The van der Waals surface area contributed by atoms with Crippen molar-refractivity contribution in [1.82, 2.24) is 19.7 Å². The van der Waals surface area contributed by atoms with Crippen molar-refractivity contribution >= 4 is 27.5 Å². The van der Waals surface area contributed by atoms with Crippen LogP contribution in [0.3, 0.4) is 0 Å². The van der Waals surface area contributed by atoms with Crippen molar-refractivity contribution in [1.29, 1.82) is 0 Å². The molecule has 0 bridgehead atoms. The van der Waals surface area contributed by atoms with Crippen LogP contribution in [-0.4, -0.2) is 38.7 Å². The Hall–Kier alpha value is -2.21. The molecule has 1 aliphatic rings. The summed E-state index contributed by atoms with van der Waals surface area (Å²) in [5.41, 5.74) is 2.18. The third-order valence-electron chi connectivity index (χ3n) is 4.95. The summed E-state index contributed by atoms with van der Waals surface area (Å²) in [7, 11) is 1.92. The van der Waals surface area contributed by atoms with Gasteiger partial charge in [-0.2, -0.15) is 5.10 Å². The zero-order chi connectivity index (χ0) is 17.2. The van der Waals surface area contributed by atoms with Crippen LogP contribution in [0.5, 0.6) is 0 Å². The number of likely N-dealkylation sites (tertiary alicyclic amines) is 1. The van der Waals surface area contributed by atoms with Gasteiger partial charge in [-0.05, 0) is 37.5 Å². The Labute approximate surface area is 151 Å². The zero-order valence-electron chi connectivity index (χ0n) is 14.4. The minimum absolute atomic E-state index is 0.243. The van der Waals surface area contributed by atoms with Gasteiger partial charge in [-0.15, -0.1) is 11.3 Å². The standard InChI is InChI=1S/C19H22N4OS/c1-22-15(10-11-20-22)8-9-18(24)23-12-4-5-14(13-23)19-21-16-6-2-3-7-17(16)25-19/h2-3,6-7,10-11,14H,4-5,8-9,12-13H2,1H3/t14-/m1/s1. The number of rotatable bonds is 4. The minimum Gasteiger partial charge on any atom is -0.342 e. The number of hydrogen-bond donors (Lipinski definition) is 0. The van der Waals surface area contributed by atoms with Crippen LogP contribution in [-0.2, 0) is 18.3 Å². The van der Waals surface area contributed by atoms with Crippen molar-refractivity contribution < 1.29 is 4.79 Å². The van der Waals surface area contributed by atoms with Gasteiger partial charge in [0, 0.05) is 44.4 Å². The van der Waals surface area contributed by atoms with Crippen molar-refractivity contribution in [2.24, 2.45) is 7.05 Å². The van der Waals surface area contributed by atoms with Gasteiger partial charge in [0.15, 0.2) is 0 Å². The molecule has 1 aromatic carbocycles. The molecule has 1 aliphatic heterocycles. The number of para-hydroxylation sites is 1. The third-order valence-corrected chi connectivity index (χ3v) is 6.15. The van der Waals surface area contributed by atoms with Crippen molar-refractivity contribution in [2.45, 2.75) is 31.6 Å². The van der Waals surface area contributed by atoms with Crippen molar-refractivity contribution in [3.05, 3.63) is 47.2 Å². The first-order valence-electron chi connectivity index (χ1n) is 8.81. The van der Waals surface area contributed by atoms with E-state index in [1.165, 1.54) is 9.71 Å². The lowest BCUT2D eigenvalue weighted by molar-refractivity contribution is -0.132. The maximum atomic E-state index is 12.6. The van der Waals surface area contributed by atoms with E-state index in [0.29, 0.717) is 12.3 Å². The Balaban J connectivity index is 1.41. The molecule has 0 spiro atoms. The second kappa shape index (κ2) is 6.96. The Kier molecular flexibility index (Phi) is 4.53. The molecule has 1 fully saturated rings. The number of hydrogen-bond acceptors (Lipinski definition) is 4. The summed E-state index contributed by atoms with van der Waals surface area (Å²) in [6.07, 6.45) is 5.25. The summed E-state index contributed by atoms with van der Waals surface area (Å²) in [6, 6.07) is 10.2. The topological polar surface area (TPSA) is 51.0 Å². The van der Waals surface area contributed by atoms with E-state index in [-0.39, 0.29) is 5.91 Å². The molecule has 6 heteroatoms. The van der Waals surface area contributed by atoms with Gasteiger partial charge in [-0.3, -0.25) is 9.48 Å². The lowest BCUT2D eigenvalue weighted by Crippen LogP contribution is -2.39. The van der Waals surface area contributed by atoms with E-state index < -0.39 is 0 Å².